The van der Waals surface area contributed by atoms with Gasteiger partial charge in [-0.15, -0.1) is 6.58 Å². The summed E-state index contributed by atoms with van der Waals surface area (Å²) in [4.78, 5) is 14.3. The molecule has 0 aliphatic carbocycles. The molecule has 0 aliphatic rings. The molecule has 0 aromatic carbocycles. The second-order valence-electron chi connectivity index (χ2n) is 1.74. The first-order valence-electron chi connectivity index (χ1n) is 3.22. The van der Waals surface area contributed by atoms with Crippen molar-refractivity contribution >= 4 is 11.8 Å². The van der Waals surface area contributed by atoms with Crippen LogP contribution in [0.3, 0.4) is 0 Å². The summed E-state index contributed by atoms with van der Waals surface area (Å²) in [6.45, 7) is 4.00. The van der Waals surface area contributed by atoms with Gasteiger partial charge < -0.3 is 4.74 Å². The van der Waals surface area contributed by atoms with Crippen molar-refractivity contribution < 1.29 is 9.53 Å². The molecule has 0 aromatic heterocycles. The molecular formula is C8H11NO2. The molecule has 0 amide bonds. The van der Waals surface area contributed by atoms with Gasteiger partial charge in [-0.25, -0.2) is 4.99 Å². The number of rotatable bonds is 4. The molecular weight excluding hydrogens is 142 g/mol. The number of ether oxygens (including phenoxy) is 1. The normalized spacial score (nSPS) is 7.73. The van der Waals surface area contributed by atoms with Crippen LogP contribution in [0.25, 0.3) is 0 Å². The van der Waals surface area contributed by atoms with Crippen LogP contribution in [0, 0.1) is 0 Å². The maximum atomic E-state index is 10.5. The van der Waals surface area contributed by atoms with E-state index in [4.69, 9.17) is 0 Å². The van der Waals surface area contributed by atoms with Crippen LogP contribution in [0.5, 0.6) is 0 Å². The van der Waals surface area contributed by atoms with Gasteiger partial charge in [-0.2, -0.15) is 0 Å². The number of nitrogens with zero attached hydrogens (tertiary/aromatic N) is 1. The molecule has 60 valence electrons. The van der Waals surface area contributed by atoms with E-state index in [9.17, 15) is 4.79 Å². The molecule has 0 radical (unpaired) electrons. The van der Waals surface area contributed by atoms with Crippen LogP contribution < -0.4 is 0 Å². The smallest absolute Gasteiger partial charge is 0.310 e. The summed E-state index contributed by atoms with van der Waals surface area (Å²) in [7, 11) is 1.34. The number of carbonyl (C=O) groups excluding carboxylic acids is 1. The van der Waals surface area contributed by atoms with E-state index in [-0.39, 0.29) is 12.4 Å². The van der Waals surface area contributed by atoms with E-state index in [1.165, 1.54) is 13.2 Å². The highest BCUT2D eigenvalue weighted by Gasteiger charge is 1.91. The zero-order valence-electron chi connectivity index (χ0n) is 6.54. The first kappa shape index (κ1) is 9.66. The molecule has 0 fully saturated rings. The Morgan fingerprint density at radius 2 is 2.55 bits per heavy atom. The van der Waals surface area contributed by atoms with Crippen molar-refractivity contribution in [3.63, 3.8) is 0 Å². The summed E-state index contributed by atoms with van der Waals surface area (Å²) in [5.74, 6) is 2.29. The third-order valence-electron chi connectivity index (χ3n) is 0.899. The summed E-state index contributed by atoms with van der Waals surface area (Å²) in [6, 6.07) is 0. The van der Waals surface area contributed by atoms with Gasteiger partial charge in [0.15, 0.2) is 0 Å². The highest BCUT2D eigenvalue weighted by Crippen LogP contribution is 1.81. The Morgan fingerprint density at radius 3 is 3.09 bits per heavy atom. The lowest BCUT2D eigenvalue weighted by Crippen LogP contribution is -1.96. The number of hydrogen-bond acceptors (Lipinski definition) is 3. The quantitative estimate of drug-likeness (QED) is 0.343. The molecule has 0 bridgehead atoms. The van der Waals surface area contributed by atoms with E-state index >= 15 is 0 Å². The van der Waals surface area contributed by atoms with E-state index in [2.05, 4.69) is 22.2 Å². The number of methoxy groups -OCH3 is 1. The molecule has 0 atom stereocenters. The molecule has 0 rings (SSSR count). The van der Waals surface area contributed by atoms with E-state index in [0.717, 1.165) is 0 Å². The average Bonchev–Trinajstić information content (AvgIpc) is 2.04. The van der Waals surface area contributed by atoms with Gasteiger partial charge in [-0.3, -0.25) is 4.79 Å². The van der Waals surface area contributed by atoms with Crippen molar-refractivity contribution in [2.45, 2.75) is 6.42 Å². The summed E-state index contributed by atoms with van der Waals surface area (Å²) in [5.41, 5.74) is 0. The maximum Gasteiger partial charge on any atom is 0.310 e. The van der Waals surface area contributed by atoms with E-state index in [1.807, 2.05) is 0 Å². The topological polar surface area (TPSA) is 38.7 Å². The Morgan fingerprint density at radius 1 is 1.82 bits per heavy atom. The van der Waals surface area contributed by atoms with E-state index in [1.54, 1.807) is 6.08 Å². The largest absolute Gasteiger partial charge is 0.469 e. The second-order valence-corrected chi connectivity index (χ2v) is 1.74. The highest BCUT2D eigenvalue weighted by molar-refractivity contribution is 5.73. The molecule has 0 saturated carbocycles. The minimum absolute atomic E-state index is 0.219. The Bertz CT molecular complexity index is 190. The van der Waals surface area contributed by atoms with Crippen molar-refractivity contribution in [2.24, 2.45) is 4.99 Å². The van der Waals surface area contributed by atoms with Gasteiger partial charge in [0.1, 0.15) is 0 Å². The van der Waals surface area contributed by atoms with Crippen LogP contribution in [0.1, 0.15) is 6.42 Å². The fourth-order valence-electron chi connectivity index (χ4n) is 0.394. The van der Waals surface area contributed by atoms with Crippen LogP contribution in [0.15, 0.2) is 23.7 Å². The molecule has 0 saturated heterocycles. The number of hydrogen-bond donors (Lipinski definition) is 0. The molecule has 0 aliphatic heterocycles. The van der Waals surface area contributed by atoms with Crippen molar-refractivity contribution in [1.82, 2.24) is 0 Å². The van der Waals surface area contributed by atoms with Crippen molar-refractivity contribution in [2.75, 3.05) is 13.7 Å². The van der Waals surface area contributed by atoms with E-state index in [0.29, 0.717) is 6.54 Å². The summed E-state index contributed by atoms with van der Waals surface area (Å²) in [5, 5.41) is 0. The van der Waals surface area contributed by atoms with Gasteiger partial charge in [-0.1, -0.05) is 6.08 Å². The third-order valence-corrected chi connectivity index (χ3v) is 0.899. The van der Waals surface area contributed by atoms with Crippen LogP contribution in [0.4, 0.5) is 0 Å². The van der Waals surface area contributed by atoms with Gasteiger partial charge in [0.25, 0.3) is 0 Å². The van der Waals surface area contributed by atoms with E-state index < -0.39 is 0 Å². The molecule has 0 heterocycles. The van der Waals surface area contributed by atoms with Gasteiger partial charge in [0.05, 0.1) is 20.1 Å². The van der Waals surface area contributed by atoms with Crippen molar-refractivity contribution in [3.8, 4) is 0 Å². The summed E-state index contributed by atoms with van der Waals surface area (Å²) < 4.78 is 4.38. The van der Waals surface area contributed by atoms with Gasteiger partial charge in [-0.05, 0) is 11.9 Å². The number of carbonyl (C=O) groups is 1. The van der Waals surface area contributed by atoms with Gasteiger partial charge >= 0.3 is 5.97 Å². The molecule has 11 heavy (non-hydrogen) atoms. The Labute approximate surface area is 66.1 Å². The first-order chi connectivity index (χ1) is 5.31. The highest BCUT2D eigenvalue weighted by atomic mass is 16.5. The molecule has 0 spiro atoms. The van der Waals surface area contributed by atoms with Crippen molar-refractivity contribution in [1.29, 1.82) is 0 Å². The second kappa shape index (κ2) is 6.78. The lowest BCUT2D eigenvalue weighted by molar-refractivity contribution is -0.139. The number of aliphatic imine (C=N–C) groups is 1. The minimum atomic E-state index is -0.286. The molecule has 3 nitrogen and oxygen atoms in total. The summed E-state index contributed by atoms with van der Waals surface area (Å²) >= 11 is 0. The molecule has 0 unspecified atom stereocenters. The number of esters is 1. The minimum Gasteiger partial charge on any atom is -0.469 e. The lowest BCUT2D eigenvalue weighted by atomic mass is 10.4. The molecule has 3 heteroatoms. The first-order valence-corrected chi connectivity index (χ1v) is 3.22. The zero-order chi connectivity index (χ0) is 8.53. The zero-order valence-corrected chi connectivity index (χ0v) is 6.54. The average molecular weight is 153 g/mol. The Balaban J connectivity index is 3.58. The fraction of sp³-hybridized carbons (Fsp3) is 0.375. The summed E-state index contributed by atoms with van der Waals surface area (Å²) in [6.07, 6.45) is 3.39. The van der Waals surface area contributed by atoms with Crippen LogP contribution in [0.2, 0.25) is 0 Å². The van der Waals surface area contributed by atoms with Crippen LogP contribution in [-0.2, 0) is 9.53 Å². The predicted octanol–water partition coefficient (Wildman–Crippen LogP) is 0.961. The standard InChI is InChI=1S/C8H11NO2/c1-3-6-9-7-4-5-8(10)11-2/h3-4H,1,5-6H2,2H3. The SMILES string of the molecule is C=CCN=C=CCC(=O)OC. The van der Waals surface area contributed by atoms with Gasteiger partial charge in [0.2, 0.25) is 0 Å². The maximum absolute atomic E-state index is 10.5. The third kappa shape index (κ3) is 6.55. The Kier molecular flexibility index (Phi) is 5.95. The van der Waals surface area contributed by atoms with Crippen molar-refractivity contribution in [3.05, 3.63) is 18.7 Å². The fourth-order valence-corrected chi connectivity index (χ4v) is 0.394. The lowest BCUT2D eigenvalue weighted by Gasteiger charge is -1.88. The molecule has 0 aromatic rings. The van der Waals surface area contributed by atoms with Crippen LogP contribution in [-0.4, -0.2) is 25.5 Å². The van der Waals surface area contributed by atoms with Gasteiger partial charge in [0, 0.05) is 0 Å². The molecule has 0 N–H and O–H groups in total. The van der Waals surface area contributed by atoms with Crippen LogP contribution >= 0.6 is 0 Å². The predicted molar refractivity (Wildman–Crippen MR) is 43.7 cm³/mol. The monoisotopic (exact) mass is 153 g/mol. The Hall–Kier alpha value is -1.34.